The fourth-order valence-corrected chi connectivity index (χ4v) is 2.75. The third-order valence-electron chi connectivity index (χ3n) is 2.85. The average molecular weight is 347 g/mol. The van der Waals surface area contributed by atoms with Gasteiger partial charge in [0.25, 0.3) is 0 Å². The molecule has 6 nitrogen and oxygen atoms in total. The van der Waals surface area contributed by atoms with Crippen molar-refractivity contribution >= 4 is 27.5 Å². The Morgan fingerprint density at radius 1 is 1.47 bits per heavy atom. The lowest BCUT2D eigenvalue weighted by atomic mass is 10.1. The number of fused-ring (bicyclic) bond motifs is 1. The maximum Gasteiger partial charge on any atom is 0.231 e. The highest BCUT2D eigenvalue weighted by Gasteiger charge is 2.24. The van der Waals surface area contributed by atoms with Crippen molar-refractivity contribution in [1.29, 1.82) is 0 Å². The molecule has 8 heteroatoms. The standard InChI is InChI=1S/C11H9BrClN3O3/c1-16-8(11(12)14-15-16)9(17)5-2-6(13)10-7(3-5)18-4-19-10/h2-3,9,17H,4H2,1H3. The molecule has 1 aromatic carbocycles. The van der Waals surface area contributed by atoms with E-state index < -0.39 is 6.10 Å². The summed E-state index contributed by atoms with van der Waals surface area (Å²) in [5.41, 5.74) is 1.12. The van der Waals surface area contributed by atoms with Gasteiger partial charge in [-0.3, -0.25) is 0 Å². The maximum atomic E-state index is 10.4. The van der Waals surface area contributed by atoms with Gasteiger partial charge in [-0.05, 0) is 33.6 Å². The van der Waals surface area contributed by atoms with Gasteiger partial charge < -0.3 is 14.6 Å². The summed E-state index contributed by atoms with van der Waals surface area (Å²) in [4.78, 5) is 0. The monoisotopic (exact) mass is 345 g/mol. The molecule has 0 amide bonds. The molecule has 100 valence electrons. The predicted molar refractivity (Wildman–Crippen MR) is 70.3 cm³/mol. The second-order valence-corrected chi connectivity index (χ2v) is 5.19. The quantitative estimate of drug-likeness (QED) is 0.901. The van der Waals surface area contributed by atoms with Gasteiger partial charge in [0.05, 0.1) is 5.02 Å². The molecule has 0 fully saturated rings. The van der Waals surface area contributed by atoms with Crippen LogP contribution in [0.4, 0.5) is 0 Å². The van der Waals surface area contributed by atoms with Gasteiger partial charge in [-0.25, -0.2) is 4.68 Å². The second-order valence-electron chi connectivity index (χ2n) is 4.03. The first-order valence-corrected chi connectivity index (χ1v) is 6.57. The third kappa shape index (κ3) is 2.07. The van der Waals surface area contributed by atoms with Crippen LogP contribution < -0.4 is 9.47 Å². The summed E-state index contributed by atoms with van der Waals surface area (Å²) in [6, 6.07) is 3.33. The van der Waals surface area contributed by atoms with Crippen molar-refractivity contribution in [3.05, 3.63) is 33.0 Å². The Hall–Kier alpha value is -1.31. The van der Waals surface area contributed by atoms with Gasteiger partial charge in [0.15, 0.2) is 16.1 Å². The first-order valence-electron chi connectivity index (χ1n) is 5.40. The smallest absolute Gasteiger partial charge is 0.231 e. The van der Waals surface area contributed by atoms with E-state index in [1.54, 1.807) is 19.2 Å². The molecular weight excluding hydrogens is 337 g/mol. The van der Waals surface area contributed by atoms with Crippen LogP contribution in [-0.2, 0) is 7.05 Å². The van der Waals surface area contributed by atoms with Crippen LogP contribution in [-0.4, -0.2) is 26.9 Å². The number of hydrogen-bond acceptors (Lipinski definition) is 5. The molecule has 1 N–H and O–H groups in total. The highest BCUT2D eigenvalue weighted by atomic mass is 79.9. The summed E-state index contributed by atoms with van der Waals surface area (Å²) < 4.78 is 12.5. The predicted octanol–water partition coefficient (Wildman–Crippen LogP) is 2.04. The lowest BCUT2D eigenvalue weighted by Crippen LogP contribution is -2.07. The van der Waals surface area contributed by atoms with E-state index in [0.717, 1.165) is 0 Å². The lowest BCUT2D eigenvalue weighted by Gasteiger charge is -2.12. The molecule has 1 aliphatic heterocycles. The van der Waals surface area contributed by atoms with E-state index >= 15 is 0 Å². The minimum absolute atomic E-state index is 0.131. The van der Waals surface area contributed by atoms with Crippen molar-refractivity contribution < 1.29 is 14.6 Å². The summed E-state index contributed by atoms with van der Waals surface area (Å²) in [5.74, 6) is 1.02. The Kier molecular flexibility index (Phi) is 3.12. The summed E-state index contributed by atoms with van der Waals surface area (Å²) in [7, 11) is 1.70. The molecule has 0 aliphatic carbocycles. The topological polar surface area (TPSA) is 69.4 Å². The van der Waals surface area contributed by atoms with Gasteiger partial charge >= 0.3 is 0 Å². The first-order chi connectivity index (χ1) is 9.08. The van der Waals surface area contributed by atoms with Crippen molar-refractivity contribution in [2.24, 2.45) is 7.05 Å². The Morgan fingerprint density at radius 2 is 2.26 bits per heavy atom. The zero-order chi connectivity index (χ0) is 13.6. The Balaban J connectivity index is 2.06. The fraction of sp³-hybridized carbons (Fsp3) is 0.273. The van der Waals surface area contributed by atoms with Crippen LogP contribution in [0.2, 0.25) is 5.02 Å². The van der Waals surface area contributed by atoms with E-state index in [1.807, 2.05) is 0 Å². The number of aliphatic hydroxyl groups is 1. The Morgan fingerprint density at radius 3 is 2.95 bits per heavy atom. The molecule has 3 rings (SSSR count). The van der Waals surface area contributed by atoms with E-state index in [4.69, 9.17) is 21.1 Å². The van der Waals surface area contributed by atoms with Gasteiger partial charge in [-0.1, -0.05) is 16.8 Å². The van der Waals surface area contributed by atoms with Crippen molar-refractivity contribution in [3.8, 4) is 11.5 Å². The molecule has 1 aromatic heterocycles. The van der Waals surface area contributed by atoms with E-state index in [2.05, 4.69) is 26.2 Å². The normalized spacial score (nSPS) is 14.7. The zero-order valence-electron chi connectivity index (χ0n) is 9.80. The van der Waals surface area contributed by atoms with Gasteiger partial charge in [-0.2, -0.15) is 0 Å². The SMILES string of the molecule is Cn1nnc(Br)c1C(O)c1cc(Cl)c2c(c1)OCO2. The molecule has 0 radical (unpaired) electrons. The van der Waals surface area contributed by atoms with Gasteiger partial charge in [0.2, 0.25) is 6.79 Å². The summed E-state index contributed by atoms with van der Waals surface area (Å²) >= 11 is 9.35. The van der Waals surface area contributed by atoms with Crippen molar-refractivity contribution in [3.63, 3.8) is 0 Å². The second kappa shape index (κ2) is 4.66. The third-order valence-corrected chi connectivity index (χ3v) is 3.70. The van der Waals surface area contributed by atoms with Crippen LogP contribution in [0.1, 0.15) is 17.4 Å². The number of nitrogens with zero attached hydrogens (tertiary/aromatic N) is 3. The molecule has 0 saturated heterocycles. The summed E-state index contributed by atoms with van der Waals surface area (Å²) in [5, 5.41) is 18.5. The van der Waals surface area contributed by atoms with Crippen LogP contribution >= 0.6 is 27.5 Å². The largest absolute Gasteiger partial charge is 0.454 e. The Labute approximate surface area is 122 Å². The van der Waals surface area contributed by atoms with Crippen molar-refractivity contribution in [1.82, 2.24) is 15.0 Å². The fourth-order valence-electron chi connectivity index (χ4n) is 1.93. The van der Waals surface area contributed by atoms with Crippen molar-refractivity contribution in [2.45, 2.75) is 6.10 Å². The van der Waals surface area contributed by atoms with Crippen LogP contribution in [0.3, 0.4) is 0 Å². The number of halogens is 2. The molecule has 19 heavy (non-hydrogen) atoms. The molecule has 1 unspecified atom stereocenters. The Bertz CT molecular complexity index is 627. The highest BCUT2D eigenvalue weighted by Crippen LogP contribution is 2.42. The molecule has 2 aromatic rings. The van der Waals surface area contributed by atoms with E-state index in [-0.39, 0.29) is 6.79 Å². The van der Waals surface area contributed by atoms with Crippen LogP contribution in [0.25, 0.3) is 0 Å². The van der Waals surface area contributed by atoms with Gasteiger partial charge in [-0.15, -0.1) is 5.10 Å². The number of aryl methyl sites for hydroxylation is 1. The number of hydrogen-bond donors (Lipinski definition) is 1. The van der Waals surface area contributed by atoms with Crippen LogP contribution in [0.15, 0.2) is 16.7 Å². The lowest BCUT2D eigenvalue weighted by molar-refractivity contribution is 0.173. The number of ether oxygens (including phenoxy) is 2. The molecule has 0 saturated carbocycles. The van der Waals surface area contributed by atoms with E-state index in [1.165, 1.54) is 4.68 Å². The maximum absolute atomic E-state index is 10.4. The van der Waals surface area contributed by atoms with E-state index in [0.29, 0.717) is 32.4 Å². The molecule has 1 atom stereocenters. The van der Waals surface area contributed by atoms with Crippen LogP contribution in [0.5, 0.6) is 11.5 Å². The van der Waals surface area contributed by atoms with Crippen LogP contribution in [0, 0.1) is 0 Å². The molecule has 1 aliphatic rings. The molecule has 0 bridgehead atoms. The van der Waals surface area contributed by atoms with Gasteiger partial charge in [0, 0.05) is 7.05 Å². The summed E-state index contributed by atoms with van der Waals surface area (Å²) in [6.45, 7) is 0.131. The minimum atomic E-state index is -0.915. The first kappa shape index (κ1) is 12.7. The number of rotatable bonds is 2. The molecule has 2 heterocycles. The molecular formula is C11H9BrClN3O3. The van der Waals surface area contributed by atoms with Gasteiger partial charge in [0.1, 0.15) is 11.8 Å². The summed E-state index contributed by atoms with van der Waals surface area (Å²) in [6.07, 6.45) is -0.915. The highest BCUT2D eigenvalue weighted by molar-refractivity contribution is 9.10. The molecule has 0 spiro atoms. The number of aliphatic hydroxyl groups excluding tert-OH is 1. The zero-order valence-corrected chi connectivity index (χ0v) is 12.1. The van der Waals surface area contributed by atoms with Crippen molar-refractivity contribution in [2.75, 3.05) is 6.79 Å². The number of benzene rings is 1. The average Bonchev–Trinajstić information content (AvgIpc) is 2.96. The number of aromatic nitrogens is 3. The minimum Gasteiger partial charge on any atom is -0.454 e. The van der Waals surface area contributed by atoms with E-state index in [9.17, 15) is 5.11 Å².